The fraction of sp³-hybridized carbons (Fsp3) is 0.250. The Morgan fingerprint density at radius 2 is 1.91 bits per heavy atom. The van der Waals surface area contributed by atoms with Crippen molar-refractivity contribution in [1.82, 2.24) is 15.6 Å². The van der Waals surface area contributed by atoms with E-state index in [1.165, 1.54) is 0 Å². The average molecular weight is 320 g/mol. The van der Waals surface area contributed by atoms with Gasteiger partial charge in [0.2, 0.25) is 0 Å². The quantitative estimate of drug-likeness (QED) is 0.714. The van der Waals surface area contributed by atoms with Crippen molar-refractivity contribution in [2.75, 3.05) is 6.54 Å². The number of pyridine rings is 1. The van der Waals surface area contributed by atoms with Gasteiger partial charge in [-0.1, -0.05) is 48.0 Å². The molecular weight excluding hydrogens is 302 g/mol. The summed E-state index contributed by atoms with van der Waals surface area (Å²) in [5, 5.41) is 15.6. The molecule has 22 heavy (non-hydrogen) atoms. The molecule has 0 saturated heterocycles. The fourth-order valence-electron chi connectivity index (χ4n) is 1.92. The van der Waals surface area contributed by atoms with Crippen LogP contribution in [0.25, 0.3) is 0 Å². The van der Waals surface area contributed by atoms with Gasteiger partial charge < -0.3 is 15.7 Å². The lowest BCUT2D eigenvalue weighted by Gasteiger charge is -2.12. The molecule has 1 aromatic heterocycles. The summed E-state index contributed by atoms with van der Waals surface area (Å²) in [5.41, 5.74) is 1.88. The number of rotatable bonds is 6. The van der Waals surface area contributed by atoms with Gasteiger partial charge in [-0.15, -0.1) is 0 Å². The molecule has 1 aromatic carbocycles. The third kappa shape index (κ3) is 5.71. The summed E-state index contributed by atoms with van der Waals surface area (Å²) in [4.78, 5) is 15.6. The zero-order chi connectivity index (χ0) is 15.8. The van der Waals surface area contributed by atoms with Crippen molar-refractivity contribution in [3.63, 3.8) is 0 Å². The van der Waals surface area contributed by atoms with Crippen LogP contribution in [0.1, 0.15) is 11.1 Å². The molecular formula is C16H18ClN3O2. The van der Waals surface area contributed by atoms with E-state index in [0.29, 0.717) is 18.1 Å². The number of aliphatic hydroxyl groups is 1. The second-order valence-electron chi connectivity index (χ2n) is 4.90. The van der Waals surface area contributed by atoms with Gasteiger partial charge in [0.25, 0.3) is 0 Å². The van der Waals surface area contributed by atoms with Crippen molar-refractivity contribution in [2.24, 2.45) is 0 Å². The number of aromatic nitrogens is 1. The third-order valence-corrected chi connectivity index (χ3v) is 3.28. The van der Waals surface area contributed by atoms with Crippen LogP contribution in [0.3, 0.4) is 0 Å². The van der Waals surface area contributed by atoms with Gasteiger partial charge in [-0.25, -0.2) is 9.78 Å². The predicted molar refractivity (Wildman–Crippen MR) is 85.6 cm³/mol. The molecule has 0 spiro atoms. The molecule has 0 aliphatic rings. The van der Waals surface area contributed by atoms with Crippen molar-refractivity contribution in [3.8, 4) is 0 Å². The molecule has 1 atom stereocenters. The summed E-state index contributed by atoms with van der Waals surface area (Å²) in [6.45, 7) is 0.546. The molecule has 2 rings (SSSR count). The standard InChI is InChI=1S/C16H18ClN3O2/c17-15-7-6-13(9-18-15)10-19-16(22)20-11-14(21)8-12-4-2-1-3-5-12/h1-7,9,14,21H,8,10-11H2,(H2,19,20,22). The number of carbonyl (C=O) groups excluding carboxylic acids is 1. The Hall–Kier alpha value is -2.11. The minimum atomic E-state index is -0.620. The summed E-state index contributed by atoms with van der Waals surface area (Å²) < 4.78 is 0. The van der Waals surface area contributed by atoms with Crippen LogP contribution < -0.4 is 10.6 Å². The molecule has 1 heterocycles. The van der Waals surface area contributed by atoms with Crippen molar-refractivity contribution in [1.29, 1.82) is 0 Å². The third-order valence-electron chi connectivity index (χ3n) is 3.05. The first-order valence-electron chi connectivity index (χ1n) is 6.97. The smallest absolute Gasteiger partial charge is 0.315 e. The zero-order valence-electron chi connectivity index (χ0n) is 12.0. The van der Waals surface area contributed by atoms with E-state index in [4.69, 9.17) is 11.6 Å². The Bertz CT molecular complexity index is 590. The zero-order valence-corrected chi connectivity index (χ0v) is 12.8. The molecule has 2 amide bonds. The minimum absolute atomic E-state index is 0.194. The first-order valence-corrected chi connectivity index (χ1v) is 7.35. The largest absolute Gasteiger partial charge is 0.391 e. The highest BCUT2D eigenvalue weighted by atomic mass is 35.5. The number of nitrogens with one attached hydrogen (secondary N) is 2. The lowest BCUT2D eigenvalue weighted by Crippen LogP contribution is -2.40. The Morgan fingerprint density at radius 3 is 2.59 bits per heavy atom. The fourth-order valence-corrected chi connectivity index (χ4v) is 2.04. The lowest BCUT2D eigenvalue weighted by molar-refractivity contribution is 0.170. The SMILES string of the molecule is O=C(NCc1ccc(Cl)nc1)NCC(O)Cc1ccccc1. The second-order valence-corrected chi connectivity index (χ2v) is 5.28. The van der Waals surface area contributed by atoms with E-state index in [1.807, 2.05) is 30.3 Å². The highest BCUT2D eigenvalue weighted by Crippen LogP contribution is 2.05. The Morgan fingerprint density at radius 1 is 1.14 bits per heavy atom. The lowest BCUT2D eigenvalue weighted by atomic mass is 10.1. The molecule has 0 saturated carbocycles. The summed E-state index contributed by atoms with van der Waals surface area (Å²) >= 11 is 5.69. The second kappa shape index (κ2) is 8.36. The van der Waals surface area contributed by atoms with Gasteiger partial charge in [-0.3, -0.25) is 0 Å². The maximum Gasteiger partial charge on any atom is 0.315 e. The van der Waals surface area contributed by atoms with E-state index < -0.39 is 6.10 Å². The van der Waals surface area contributed by atoms with Crippen molar-refractivity contribution < 1.29 is 9.90 Å². The minimum Gasteiger partial charge on any atom is -0.391 e. The molecule has 0 bridgehead atoms. The van der Waals surface area contributed by atoms with Gasteiger partial charge in [0.05, 0.1) is 6.10 Å². The number of urea groups is 1. The van der Waals surface area contributed by atoms with Gasteiger partial charge in [-0.2, -0.15) is 0 Å². The first-order chi connectivity index (χ1) is 10.6. The van der Waals surface area contributed by atoms with E-state index in [1.54, 1.807) is 18.3 Å². The van der Waals surface area contributed by atoms with Gasteiger partial charge in [0.1, 0.15) is 5.15 Å². The summed E-state index contributed by atoms with van der Waals surface area (Å²) in [6, 6.07) is 12.8. The van der Waals surface area contributed by atoms with Crippen LogP contribution in [-0.4, -0.2) is 28.8 Å². The highest BCUT2D eigenvalue weighted by molar-refractivity contribution is 6.29. The van der Waals surface area contributed by atoms with Crippen LogP contribution in [0.2, 0.25) is 5.15 Å². The van der Waals surface area contributed by atoms with Crippen molar-refractivity contribution in [3.05, 3.63) is 64.9 Å². The predicted octanol–water partition coefficient (Wildman–Crippen LogP) is 2.14. The van der Waals surface area contributed by atoms with Crippen LogP contribution >= 0.6 is 11.6 Å². The van der Waals surface area contributed by atoms with E-state index in [0.717, 1.165) is 11.1 Å². The van der Waals surface area contributed by atoms with Crippen LogP contribution in [0, 0.1) is 0 Å². The molecule has 0 fully saturated rings. The van der Waals surface area contributed by atoms with Crippen LogP contribution in [0.5, 0.6) is 0 Å². The topological polar surface area (TPSA) is 74.2 Å². The Kier molecular flexibility index (Phi) is 6.18. The van der Waals surface area contributed by atoms with Crippen LogP contribution in [0.4, 0.5) is 4.79 Å². The molecule has 2 aromatic rings. The molecule has 6 heteroatoms. The number of aliphatic hydroxyl groups excluding tert-OH is 1. The van der Waals surface area contributed by atoms with Gasteiger partial charge in [-0.05, 0) is 17.2 Å². The monoisotopic (exact) mass is 319 g/mol. The van der Waals surface area contributed by atoms with E-state index in [2.05, 4.69) is 15.6 Å². The normalized spacial score (nSPS) is 11.7. The number of amides is 2. The first kappa shape index (κ1) is 16.3. The average Bonchev–Trinajstić information content (AvgIpc) is 2.53. The molecule has 0 aliphatic heterocycles. The number of benzene rings is 1. The number of hydrogen-bond acceptors (Lipinski definition) is 3. The molecule has 3 N–H and O–H groups in total. The van der Waals surface area contributed by atoms with Crippen molar-refractivity contribution >= 4 is 17.6 Å². The Labute approximate surface area is 134 Å². The van der Waals surface area contributed by atoms with Gasteiger partial charge in [0, 0.05) is 25.7 Å². The summed E-state index contributed by atoms with van der Waals surface area (Å²) in [5.74, 6) is 0. The summed E-state index contributed by atoms with van der Waals surface area (Å²) in [7, 11) is 0. The molecule has 1 unspecified atom stereocenters. The van der Waals surface area contributed by atoms with Crippen LogP contribution in [-0.2, 0) is 13.0 Å². The highest BCUT2D eigenvalue weighted by Gasteiger charge is 2.07. The maximum atomic E-state index is 11.7. The van der Waals surface area contributed by atoms with Crippen molar-refractivity contribution in [2.45, 2.75) is 19.1 Å². The van der Waals surface area contributed by atoms with E-state index in [9.17, 15) is 9.90 Å². The summed E-state index contributed by atoms with van der Waals surface area (Å²) in [6.07, 6.45) is 1.49. The number of carbonyl (C=O) groups is 1. The molecule has 0 aliphatic carbocycles. The number of halogens is 1. The van der Waals surface area contributed by atoms with E-state index >= 15 is 0 Å². The molecule has 116 valence electrons. The number of hydrogen-bond donors (Lipinski definition) is 3. The molecule has 0 radical (unpaired) electrons. The van der Waals surface area contributed by atoms with E-state index in [-0.39, 0.29) is 12.6 Å². The van der Waals surface area contributed by atoms with Gasteiger partial charge in [0.15, 0.2) is 0 Å². The van der Waals surface area contributed by atoms with Gasteiger partial charge >= 0.3 is 6.03 Å². The number of nitrogens with zero attached hydrogens (tertiary/aromatic N) is 1. The molecule has 5 nitrogen and oxygen atoms in total. The van der Waals surface area contributed by atoms with Crippen LogP contribution in [0.15, 0.2) is 48.7 Å². The Balaban J connectivity index is 1.67. The maximum absolute atomic E-state index is 11.7.